The predicted molar refractivity (Wildman–Crippen MR) is 84.6 cm³/mol. The summed E-state index contributed by atoms with van der Waals surface area (Å²) in [6.07, 6.45) is -0.427. The molecule has 7 heteroatoms. The molecule has 23 heavy (non-hydrogen) atoms. The lowest BCUT2D eigenvalue weighted by Gasteiger charge is -2.33. The molecule has 0 bridgehead atoms. The molecule has 1 aromatic rings. The van der Waals surface area contributed by atoms with Gasteiger partial charge in [-0.15, -0.1) is 0 Å². The maximum Gasteiger partial charge on any atom is 0.410 e. The fourth-order valence-corrected chi connectivity index (χ4v) is 2.86. The summed E-state index contributed by atoms with van der Waals surface area (Å²) in [5, 5.41) is 13.7. The van der Waals surface area contributed by atoms with Gasteiger partial charge in [-0.25, -0.2) is 9.59 Å². The summed E-state index contributed by atoms with van der Waals surface area (Å²) in [4.78, 5) is 25.4. The third kappa shape index (κ3) is 3.48. The van der Waals surface area contributed by atoms with Crippen LogP contribution in [0.25, 0.3) is 0 Å². The first-order valence-electron chi connectivity index (χ1n) is 7.83. The number of aromatic carboxylic acids is 1. The molecule has 1 aliphatic rings. The van der Waals surface area contributed by atoms with Crippen LogP contribution < -0.4 is 0 Å². The Morgan fingerprint density at radius 2 is 1.96 bits per heavy atom. The van der Waals surface area contributed by atoms with Crippen molar-refractivity contribution < 1.29 is 19.4 Å². The molecule has 128 valence electrons. The van der Waals surface area contributed by atoms with E-state index >= 15 is 0 Å². The Kier molecular flexibility index (Phi) is 4.41. The van der Waals surface area contributed by atoms with E-state index in [0.29, 0.717) is 12.1 Å². The van der Waals surface area contributed by atoms with Crippen molar-refractivity contribution in [2.24, 2.45) is 0 Å². The Bertz CT molecular complexity index is 628. The number of carboxylic acid groups (broad SMARTS) is 1. The lowest BCUT2D eigenvalue weighted by molar-refractivity contribution is 0.0204. The summed E-state index contributed by atoms with van der Waals surface area (Å²) in [6.45, 7) is 12.0. The minimum Gasteiger partial charge on any atom is -0.476 e. The number of fused-ring (bicyclic) bond motifs is 1. The van der Waals surface area contributed by atoms with E-state index in [4.69, 9.17) is 4.74 Å². The molecule has 0 spiro atoms. The van der Waals surface area contributed by atoms with Crippen LogP contribution in [0.3, 0.4) is 0 Å². The number of hydrogen-bond donors (Lipinski definition) is 1. The minimum atomic E-state index is -1.07. The van der Waals surface area contributed by atoms with Gasteiger partial charge in [0.2, 0.25) is 0 Å². The fourth-order valence-electron chi connectivity index (χ4n) is 2.86. The first kappa shape index (κ1) is 17.3. The molecule has 0 aromatic carbocycles. The van der Waals surface area contributed by atoms with Crippen LogP contribution in [0.4, 0.5) is 4.79 Å². The first-order valence-corrected chi connectivity index (χ1v) is 7.83. The van der Waals surface area contributed by atoms with Crippen molar-refractivity contribution in [1.29, 1.82) is 0 Å². The van der Waals surface area contributed by atoms with Crippen LogP contribution in [-0.2, 0) is 11.3 Å². The monoisotopic (exact) mass is 323 g/mol. The van der Waals surface area contributed by atoms with Crippen LogP contribution in [0.1, 0.15) is 75.2 Å². The summed E-state index contributed by atoms with van der Waals surface area (Å²) in [7, 11) is 0. The normalized spacial score (nSPS) is 18.0. The van der Waals surface area contributed by atoms with E-state index in [1.165, 1.54) is 0 Å². The lowest BCUT2D eigenvalue weighted by Crippen LogP contribution is -2.41. The Balaban J connectivity index is 2.39. The van der Waals surface area contributed by atoms with E-state index in [2.05, 4.69) is 5.10 Å². The Hall–Kier alpha value is -2.05. The van der Waals surface area contributed by atoms with Gasteiger partial charge in [0.1, 0.15) is 5.60 Å². The first-order chi connectivity index (χ1) is 10.5. The molecule has 1 aliphatic heterocycles. The predicted octanol–water partition coefficient (Wildman–Crippen LogP) is 3.02. The van der Waals surface area contributed by atoms with Crippen LogP contribution in [-0.4, -0.2) is 44.0 Å². The highest BCUT2D eigenvalue weighted by Crippen LogP contribution is 2.33. The molecule has 0 radical (unpaired) electrons. The van der Waals surface area contributed by atoms with Crippen LogP contribution in [0.5, 0.6) is 0 Å². The van der Waals surface area contributed by atoms with E-state index in [1.54, 1.807) is 9.58 Å². The standard InChI is InChI=1S/C16H25N3O4/c1-9(2)19-13-10(3)7-18(15(22)23-16(4,5)6)8-11(13)12(17-19)14(20)21/h9-10H,7-8H2,1-6H3,(H,20,21)/t10-/m0/s1. The molecule has 1 aromatic heterocycles. The number of carboxylic acids is 1. The van der Waals surface area contributed by atoms with Gasteiger partial charge in [-0.3, -0.25) is 4.68 Å². The highest BCUT2D eigenvalue weighted by Gasteiger charge is 2.35. The molecule has 1 atom stereocenters. The van der Waals surface area contributed by atoms with Crippen molar-refractivity contribution in [3.05, 3.63) is 17.0 Å². The molecule has 0 saturated carbocycles. The van der Waals surface area contributed by atoms with Gasteiger partial charge >= 0.3 is 12.1 Å². The number of rotatable bonds is 2. The number of carbonyl (C=O) groups excluding carboxylic acids is 1. The second kappa shape index (κ2) is 5.86. The number of carbonyl (C=O) groups is 2. The highest BCUT2D eigenvalue weighted by atomic mass is 16.6. The highest BCUT2D eigenvalue weighted by molar-refractivity contribution is 5.87. The summed E-state index contributed by atoms with van der Waals surface area (Å²) >= 11 is 0. The summed E-state index contributed by atoms with van der Waals surface area (Å²) < 4.78 is 7.17. The van der Waals surface area contributed by atoms with Gasteiger partial charge in [-0.1, -0.05) is 6.92 Å². The number of hydrogen-bond acceptors (Lipinski definition) is 4. The second-order valence-electron chi connectivity index (χ2n) is 7.32. The molecule has 7 nitrogen and oxygen atoms in total. The molecule has 2 rings (SSSR count). The number of amides is 1. The van der Waals surface area contributed by atoms with Crippen LogP contribution in [0.2, 0.25) is 0 Å². The Labute approximate surface area is 136 Å². The molecule has 0 saturated heterocycles. The van der Waals surface area contributed by atoms with E-state index in [1.807, 2.05) is 41.5 Å². The maximum absolute atomic E-state index is 12.3. The maximum atomic E-state index is 12.3. The SMILES string of the molecule is CC(C)n1nc(C(=O)O)c2c1[C@@H](C)CN(C(=O)OC(C)(C)C)C2. The zero-order valence-corrected chi connectivity index (χ0v) is 14.6. The Morgan fingerprint density at radius 1 is 1.35 bits per heavy atom. The average molecular weight is 323 g/mol. The third-order valence-corrected chi connectivity index (χ3v) is 3.70. The van der Waals surface area contributed by atoms with Gasteiger partial charge < -0.3 is 14.7 Å². The molecule has 2 heterocycles. The molecular formula is C16H25N3O4. The number of nitrogens with zero attached hydrogens (tertiary/aromatic N) is 3. The van der Waals surface area contributed by atoms with Crippen molar-refractivity contribution in [3.63, 3.8) is 0 Å². The van der Waals surface area contributed by atoms with Gasteiger partial charge in [0.15, 0.2) is 5.69 Å². The van der Waals surface area contributed by atoms with Gasteiger partial charge in [0.05, 0.1) is 6.54 Å². The van der Waals surface area contributed by atoms with Gasteiger partial charge in [-0.2, -0.15) is 5.10 Å². The molecule has 1 amide bonds. The average Bonchev–Trinajstić information content (AvgIpc) is 2.76. The van der Waals surface area contributed by atoms with Crippen LogP contribution in [0, 0.1) is 0 Å². The molecule has 0 unspecified atom stereocenters. The summed E-state index contributed by atoms with van der Waals surface area (Å²) in [6, 6.07) is 0.0624. The lowest BCUT2D eigenvalue weighted by atomic mass is 9.96. The molecule has 1 N–H and O–H groups in total. The smallest absolute Gasteiger partial charge is 0.410 e. The third-order valence-electron chi connectivity index (χ3n) is 3.70. The largest absolute Gasteiger partial charge is 0.476 e. The van der Waals surface area contributed by atoms with E-state index in [-0.39, 0.29) is 24.2 Å². The van der Waals surface area contributed by atoms with Gasteiger partial charge in [0.25, 0.3) is 0 Å². The molecule has 0 fully saturated rings. The Morgan fingerprint density at radius 3 is 2.43 bits per heavy atom. The van der Waals surface area contributed by atoms with Crippen molar-refractivity contribution in [3.8, 4) is 0 Å². The quantitative estimate of drug-likeness (QED) is 0.904. The van der Waals surface area contributed by atoms with Crippen LogP contribution in [0.15, 0.2) is 0 Å². The van der Waals surface area contributed by atoms with Crippen molar-refractivity contribution >= 4 is 12.1 Å². The molecule has 0 aliphatic carbocycles. The van der Waals surface area contributed by atoms with E-state index in [9.17, 15) is 14.7 Å². The zero-order valence-electron chi connectivity index (χ0n) is 14.6. The van der Waals surface area contributed by atoms with E-state index < -0.39 is 17.7 Å². The van der Waals surface area contributed by atoms with Crippen molar-refractivity contribution in [2.45, 2.75) is 65.6 Å². The minimum absolute atomic E-state index is 0.00531. The van der Waals surface area contributed by atoms with Crippen LogP contribution >= 0.6 is 0 Å². The summed E-state index contributed by atoms with van der Waals surface area (Å²) in [5.41, 5.74) is 0.944. The summed E-state index contributed by atoms with van der Waals surface area (Å²) in [5.74, 6) is -1.08. The topological polar surface area (TPSA) is 84.7 Å². The van der Waals surface area contributed by atoms with Crippen molar-refractivity contribution in [1.82, 2.24) is 14.7 Å². The number of aromatic nitrogens is 2. The second-order valence-corrected chi connectivity index (χ2v) is 7.32. The van der Waals surface area contributed by atoms with E-state index in [0.717, 1.165) is 5.69 Å². The fraction of sp³-hybridized carbons (Fsp3) is 0.688. The molecular weight excluding hydrogens is 298 g/mol. The van der Waals surface area contributed by atoms with Gasteiger partial charge in [0, 0.05) is 29.8 Å². The zero-order chi connectivity index (χ0) is 17.5. The number of ether oxygens (including phenoxy) is 1. The van der Waals surface area contributed by atoms with Crippen molar-refractivity contribution in [2.75, 3.05) is 6.54 Å². The van der Waals surface area contributed by atoms with Gasteiger partial charge in [-0.05, 0) is 34.6 Å².